The molecule has 28 nitrogen and oxygen atoms in total. The van der Waals surface area contributed by atoms with Gasteiger partial charge in [0.05, 0.1) is 0 Å². The number of nitrogens with one attached hydrogen (secondary N) is 10. The Balaban J connectivity index is 4.24. The molecule has 0 aromatic heterocycles. The van der Waals surface area contributed by atoms with Crippen molar-refractivity contribution in [2.24, 2.45) is 0 Å². The van der Waals surface area contributed by atoms with Gasteiger partial charge in [-0.1, -0.05) is 97.3 Å². The lowest BCUT2D eigenvalue weighted by Crippen LogP contribution is -2.49. The molecule has 0 heterocycles. The fourth-order valence-electron chi connectivity index (χ4n) is 7.27. The fraction of sp³-hybridized carbons (Fsp3) is 0.786. The lowest BCUT2D eigenvalue weighted by atomic mass is 10.1. The molecule has 84 heavy (non-hydrogen) atoms. The van der Waals surface area contributed by atoms with Gasteiger partial charge in [-0.25, -0.2) is 38.4 Å². The van der Waals surface area contributed by atoms with Gasteiger partial charge in [0.15, 0.2) is 0 Å². The number of carbonyl (C=O) groups excluding carboxylic acids is 12. The molecule has 0 aromatic rings. The minimum atomic E-state index is -1.00. The molecule has 0 bridgehead atoms. The highest BCUT2D eigenvalue weighted by Gasteiger charge is 2.24. The van der Waals surface area contributed by atoms with Gasteiger partial charge in [-0.3, -0.25) is 40.4 Å². The number of imide groups is 4. The van der Waals surface area contributed by atoms with Crippen molar-refractivity contribution in [3.05, 3.63) is 0 Å². The molecule has 0 aliphatic rings. The predicted octanol–water partition coefficient (Wildman–Crippen LogP) is 7.78. The molecule has 0 rings (SSSR count). The zero-order valence-corrected chi connectivity index (χ0v) is 51.1. The van der Waals surface area contributed by atoms with Gasteiger partial charge < -0.3 is 60.3 Å². The molecule has 0 aliphatic heterocycles. The summed E-state index contributed by atoms with van der Waals surface area (Å²) in [7, 11) is 0. The largest absolute Gasteiger partial charge is 0.463 e. The summed E-state index contributed by atoms with van der Waals surface area (Å²) in [5, 5.41) is 23.5. The van der Waals surface area contributed by atoms with Crippen LogP contribution in [0.2, 0.25) is 0 Å². The maximum absolute atomic E-state index is 12.6. The topological polar surface area (TPSA) is 381 Å². The fourth-order valence-corrected chi connectivity index (χ4v) is 7.27. The van der Waals surface area contributed by atoms with Crippen molar-refractivity contribution < 1.29 is 86.0 Å². The second-order valence-corrected chi connectivity index (χ2v) is 21.9. The SMILES string of the molecule is CCCCCCCNC(=O)NC(=O)NC(=O)NCCCCCCCC(=O)OCC(COC(=O)CCCCCCCNC(=O)NC(=O)NC(=O)NCCCCCCCC(=O)OCC(COC(=O)CC)NC(=O)OC(C)(C)C)NC(=O)OC(C)(C)C. The van der Waals surface area contributed by atoms with Crippen molar-refractivity contribution in [1.29, 1.82) is 0 Å². The first-order valence-electron chi connectivity index (χ1n) is 29.7. The summed E-state index contributed by atoms with van der Waals surface area (Å²) in [5.74, 6) is -1.94. The third kappa shape index (κ3) is 50.6. The molecule has 2 unspecified atom stereocenters. The minimum Gasteiger partial charge on any atom is -0.463 e. The summed E-state index contributed by atoms with van der Waals surface area (Å²) in [6, 6.07) is -6.56. The summed E-state index contributed by atoms with van der Waals surface area (Å²) in [6.07, 6.45) is 14.1. The number of hydrogen-bond acceptors (Lipinski definition) is 18. The van der Waals surface area contributed by atoms with Crippen LogP contribution in [-0.4, -0.2) is 148 Å². The van der Waals surface area contributed by atoms with E-state index in [-0.39, 0.29) is 65.2 Å². The molecule has 0 fully saturated rings. The Morgan fingerprint density at radius 2 is 0.571 bits per heavy atom. The molecule has 0 aliphatic carbocycles. The predicted molar refractivity (Wildman–Crippen MR) is 309 cm³/mol. The van der Waals surface area contributed by atoms with Crippen LogP contribution in [0.4, 0.5) is 38.4 Å². The average molecular weight is 1200 g/mol. The highest BCUT2D eigenvalue weighted by molar-refractivity contribution is 6.01. The number of alkyl carbamates (subject to hydrolysis) is 2. The molecule has 0 radical (unpaired) electrons. The number of hydrogen-bond donors (Lipinski definition) is 10. The normalized spacial score (nSPS) is 11.7. The molecule has 0 saturated heterocycles. The van der Waals surface area contributed by atoms with Crippen LogP contribution < -0.4 is 53.2 Å². The van der Waals surface area contributed by atoms with Gasteiger partial charge in [0.2, 0.25) is 0 Å². The van der Waals surface area contributed by atoms with Gasteiger partial charge in [0, 0.05) is 51.9 Å². The monoisotopic (exact) mass is 1200 g/mol. The van der Waals surface area contributed by atoms with Gasteiger partial charge in [0.25, 0.3) is 0 Å². The molecule has 0 saturated carbocycles. The second kappa shape index (κ2) is 47.2. The molecule has 0 spiro atoms. The smallest absolute Gasteiger partial charge is 0.408 e. The highest BCUT2D eigenvalue weighted by Crippen LogP contribution is 2.12. The molecule has 482 valence electrons. The van der Waals surface area contributed by atoms with Gasteiger partial charge in [-0.2, -0.15) is 0 Å². The molecular formula is C56H100N10O18. The van der Waals surface area contributed by atoms with E-state index in [1.54, 1.807) is 48.5 Å². The van der Waals surface area contributed by atoms with E-state index in [0.29, 0.717) is 77.3 Å². The number of esters is 4. The Bertz CT molecular complexity index is 2000. The number of urea groups is 6. The number of amides is 14. The van der Waals surface area contributed by atoms with Crippen molar-refractivity contribution in [3.63, 3.8) is 0 Å². The summed E-state index contributed by atoms with van der Waals surface area (Å²) < 4.78 is 31.7. The number of ether oxygens (including phenoxy) is 6. The van der Waals surface area contributed by atoms with Gasteiger partial charge in [0.1, 0.15) is 49.7 Å². The maximum Gasteiger partial charge on any atom is 0.408 e. The van der Waals surface area contributed by atoms with Gasteiger partial charge in [-0.05, 0) is 86.5 Å². The van der Waals surface area contributed by atoms with E-state index in [0.717, 1.165) is 64.2 Å². The van der Waals surface area contributed by atoms with Crippen molar-refractivity contribution in [1.82, 2.24) is 53.2 Å². The van der Waals surface area contributed by atoms with E-state index in [1.165, 1.54) is 0 Å². The van der Waals surface area contributed by atoms with E-state index in [1.807, 2.05) is 21.3 Å². The zero-order valence-electron chi connectivity index (χ0n) is 51.1. The minimum absolute atomic E-state index is 0.104. The van der Waals surface area contributed by atoms with Crippen molar-refractivity contribution in [3.8, 4) is 0 Å². The van der Waals surface area contributed by atoms with Crippen LogP contribution in [-0.2, 0) is 47.6 Å². The van der Waals surface area contributed by atoms with E-state index in [4.69, 9.17) is 28.4 Å². The van der Waals surface area contributed by atoms with Crippen LogP contribution in [0, 0.1) is 0 Å². The molecule has 0 aromatic carbocycles. The Hall–Kier alpha value is -7.16. The lowest BCUT2D eigenvalue weighted by molar-refractivity contribution is -0.149. The third-order valence-electron chi connectivity index (χ3n) is 11.5. The highest BCUT2D eigenvalue weighted by atomic mass is 16.6. The molecular weight excluding hydrogens is 1100 g/mol. The summed E-state index contributed by atoms with van der Waals surface area (Å²) in [5.41, 5.74) is -1.55. The molecule has 10 N–H and O–H groups in total. The van der Waals surface area contributed by atoms with E-state index >= 15 is 0 Å². The second-order valence-electron chi connectivity index (χ2n) is 21.9. The van der Waals surface area contributed by atoms with Gasteiger partial charge >= 0.3 is 72.3 Å². The lowest BCUT2D eigenvalue weighted by Gasteiger charge is -2.23. The Kier molecular flexibility index (Phi) is 43.2. The maximum atomic E-state index is 12.6. The first-order valence-corrected chi connectivity index (χ1v) is 29.7. The van der Waals surface area contributed by atoms with Crippen LogP contribution in [0.25, 0.3) is 0 Å². The first-order chi connectivity index (χ1) is 39.8. The molecule has 28 heteroatoms. The number of rotatable bonds is 41. The van der Waals surface area contributed by atoms with E-state index in [2.05, 4.69) is 38.8 Å². The van der Waals surface area contributed by atoms with Crippen molar-refractivity contribution >= 4 is 72.3 Å². The van der Waals surface area contributed by atoms with Crippen LogP contribution in [0.5, 0.6) is 0 Å². The first kappa shape index (κ1) is 76.8. The van der Waals surface area contributed by atoms with Crippen LogP contribution in [0.3, 0.4) is 0 Å². The van der Waals surface area contributed by atoms with Crippen LogP contribution >= 0.6 is 0 Å². The zero-order chi connectivity index (χ0) is 63.0. The molecule has 14 amide bonds. The summed E-state index contributed by atoms with van der Waals surface area (Å²) in [4.78, 5) is 146. The summed E-state index contributed by atoms with van der Waals surface area (Å²) >= 11 is 0. The van der Waals surface area contributed by atoms with Crippen molar-refractivity contribution in [2.45, 2.75) is 233 Å². The Labute approximate surface area is 495 Å². The van der Waals surface area contributed by atoms with Crippen molar-refractivity contribution in [2.75, 3.05) is 52.6 Å². The molecule has 2 atom stereocenters. The third-order valence-corrected chi connectivity index (χ3v) is 11.5. The van der Waals surface area contributed by atoms with E-state index < -0.39 is 95.5 Å². The van der Waals surface area contributed by atoms with Crippen LogP contribution in [0.15, 0.2) is 0 Å². The van der Waals surface area contributed by atoms with Crippen LogP contribution in [0.1, 0.15) is 209 Å². The Morgan fingerprint density at radius 1 is 0.321 bits per heavy atom. The average Bonchev–Trinajstić information content (AvgIpc) is 3.45. The quantitative estimate of drug-likeness (QED) is 0.0159. The Morgan fingerprint density at radius 3 is 0.833 bits per heavy atom. The van der Waals surface area contributed by atoms with E-state index in [9.17, 15) is 57.5 Å². The number of carbonyl (C=O) groups is 12. The number of unbranched alkanes of at least 4 members (excludes halogenated alkanes) is 16. The van der Waals surface area contributed by atoms with Gasteiger partial charge in [-0.15, -0.1) is 0 Å². The summed E-state index contributed by atoms with van der Waals surface area (Å²) in [6.45, 7) is 14.3. The standard InChI is InChI=1S/C56H100N10O18/c1-9-11-12-19-26-33-57-47(71)63-51(75)64-48(72)58-34-28-21-14-17-24-31-45(69)81-39-42(62-54(78)84-56(6,7)8)40-82-46(70)32-25-18-15-22-29-36-60-50(74)66-52(76)65-49(73)59-35-27-20-13-16-23-30-44(68)80-38-41(37-79-43(67)10-2)61-53(77)83-55(3,4)5/h41-42H,9-40H2,1-8H3,(H,61,77)(H,62,78)(H4,57,58,63,64,71,72,75)(H4,59,60,65,66,73,74,76).